The first-order chi connectivity index (χ1) is 12.2. The van der Waals surface area contributed by atoms with Gasteiger partial charge < -0.3 is 9.47 Å². The van der Waals surface area contributed by atoms with Crippen LogP contribution in [-0.2, 0) is 21.4 Å². The van der Waals surface area contributed by atoms with E-state index in [-0.39, 0.29) is 24.5 Å². The van der Waals surface area contributed by atoms with Crippen LogP contribution < -0.4 is 0 Å². The number of rotatable bonds is 3. The maximum absolute atomic E-state index is 13.6. The summed E-state index contributed by atoms with van der Waals surface area (Å²) in [5, 5.41) is 0. The highest BCUT2D eigenvalue weighted by atomic mass is 32.2. The summed E-state index contributed by atoms with van der Waals surface area (Å²) in [6.07, 6.45) is 1.70. The molecule has 1 aliphatic heterocycles. The number of benzene rings is 1. The summed E-state index contributed by atoms with van der Waals surface area (Å²) in [6.45, 7) is 2.96. The fraction of sp³-hybridized carbons (Fsp3) is 0.500. The number of nitrogens with zero attached hydrogens (tertiary/aromatic N) is 4. The van der Waals surface area contributed by atoms with Crippen molar-refractivity contribution in [1.29, 1.82) is 0 Å². The van der Waals surface area contributed by atoms with E-state index in [2.05, 4.69) is 4.98 Å². The highest BCUT2D eigenvalue weighted by molar-refractivity contribution is 7.88. The van der Waals surface area contributed by atoms with Gasteiger partial charge in [0.05, 0.1) is 17.3 Å². The Balaban J connectivity index is 1.79. The van der Waals surface area contributed by atoms with Crippen LogP contribution in [0.4, 0.5) is 8.78 Å². The molecule has 1 amide bonds. The molecule has 2 aromatic rings. The molecule has 26 heavy (non-hydrogen) atoms. The number of amides is 1. The summed E-state index contributed by atoms with van der Waals surface area (Å²) in [5.74, 6) is -1.72. The Labute approximate surface area is 150 Å². The SMILES string of the molecule is Cc1nc2cc(F)c(F)cc2n1CC(=O)N1CCCN(S(C)(=O)=O)CC1. The zero-order valence-electron chi connectivity index (χ0n) is 14.6. The Bertz CT molecular complexity index is 958. The Morgan fingerprint density at radius 3 is 2.54 bits per heavy atom. The molecule has 0 aliphatic carbocycles. The molecule has 1 aromatic heterocycles. The first kappa shape index (κ1) is 18.7. The number of fused-ring (bicyclic) bond motifs is 1. The fourth-order valence-corrected chi connectivity index (χ4v) is 4.02. The molecule has 0 unspecified atom stereocenters. The van der Waals surface area contributed by atoms with E-state index in [9.17, 15) is 22.0 Å². The summed E-state index contributed by atoms with van der Waals surface area (Å²) in [4.78, 5) is 18.4. The third-order valence-electron chi connectivity index (χ3n) is 4.55. The summed E-state index contributed by atoms with van der Waals surface area (Å²) in [5.41, 5.74) is 0.635. The van der Waals surface area contributed by atoms with Crippen LogP contribution >= 0.6 is 0 Å². The second-order valence-corrected chi connectivity index (χ2v) is 8.38. The van der Waals surface area contributed by atoms with Crippen LogP contribution in [0.3, 0.4) is 0 Å². The highest BCUT2D eigenvalue weighted by Gasteiger charge is 2.24. The van der Waals surface area contributed by atoms with Crippen molar-refractivity contribution in [1.82, 2.24) is 18.8 Å². The Hall–Kier alpha value is -2.07. The minimum atomic E-state index is -3.29. The van der Waals surface area contributed by atoms with Crippen molar-refractivity contribution >= 4 is 27.0 Å². The Morgan fingerprint density at radius 2 is 1.85 bits per heavy atom. The second-order valence-electron chi connectivity index (χ2n) is 6.40. The Kier molecular flexibility index (Phi) is 4.98. The molecule has 1 fully saturated rings. The quantitative estimate of drug-likeness (QED) is 0.792. The number of aromatic nitrogens is 2. The number of carbonyl (C=O) groups excluding carboxylic acids is 1. The van der Waals surface area contributed by atoms with Crippen LogP contribution in [0.2, 0.25) is 0 Å². The van der Waals surface area contributed by atoms with E-state index in [1.165, 1.54) is 4.31 Å². The molecule has 7 nitrogen and oxygen atoms in total. The highest BCUT2D eigenvalue weighted by Crippen LogP contribution is 2.20. The van der Waals surface area contributed by atoms with Crippen LogP contribution in [-0.4, -0.2) is 65.5 Å². The zero-order chi connectivity index (χ0) is 19.1. The van der Waals surface area contributed by atoms with E-state index in [4.69, 9.17) is 0 Å². The molecule has 0 bridgehead atoms. The smallest absolute Gasteiger partial charge is 0.242 e. The van der Waals surface area contributed by atoms with Crippen molar-refractivity contribution in [3.05, 3.63) is 29.6 Å². The maximum atomic E-state index is 13.6. The zero-order valence-corrected chi connectivity index (χ0v) is 15.4. The van der Waals surface area contributed by atoms with Gasteiger partial charge in [-0.1, -0.05) is 0 Å². The van der Waals surface area contributed by atoms with Crippen molar-refractivity contribution in [2.45, 2.75) is 19.9 Å². The molecule has 2 heterocycles. The van der Waals surface area contributed by atoms with E-state index in [0.717, 1.165) is 18.4 Å². The summed E-state index contributed by atoms with van der Waals surface area (Å²) in [6, 6.07) is 2.04. The lowest BCUT2D eigenvalue weighted by Crippen LogP contribution is -2.38. The molecular weight excluding hydrogens is 366 g/mol. The average Bonchev–Trinajstić information content (AvgIpc) is 2.75. The van der Waals surface area contributed by atoms with Gasteiger partial charge >= 0.3 is 0 Å². The van der Waals surface area contributed by atoms with Crippen LogP contribution in [0.15, 0.2) is 12.1 Å². The summed E-state index contributed by atoms with van der Waals surface area (Å²) < 4.78 is 53.2. The molecule has 0 N–H and O–H groups in total. The number of carbonyl (C=O) groups is 1. The van der Waals surface area contributed by atoms with Gasteiger partial charge in [-0.3, -0.25) is 4.79 Å². The predicted octanol–water partition coefficient (Wildman–Crippen LogP) is 1.12. The monoisotopic (exact) mass is 386 g/mol. The van der Waals surface area contributed by atoms with Crippen molar-refractivity contribution in [2.75, 3.05) is 32.4 Å². The molecule has 1 aliphatic rings. The van der Waals surface area contributed by atoms with E-state index in [1.54, 1.807) is 16.4 Å². The summed E-state index contributed by atoms with van der Waals surface area (Å²) >= 11 is 0. The van der Waals surface area contributed by atoms with E-state index in [0.29, 0.717) is 37.4 Å². The van der Waals surface area contributed by atoms with E-state index >= 15 is 0 Å². The van der Waals surface area contributed by atoms with Gasteiger partial charge in [-0.2, -0.15) is 0 Å². The molecule has 1 aromatic carbocycles. The molecule has 3 rings (SSSR count). The summed E-state index contributed by atoms with van der Waals surface area (Å²) in [7, 11) is -3.29. The maximum Gasteiger partial charge on any atom is 0.242 e. The van der Waals surface area contributed by atoms with Crippen LogP contribution in [0, 0.1) is 18.6 Å². The minimum absolute atomic E-state index is 0.0632. The molecular formula is C16H20F2N4O3S. The number of halogens is 2. The van der Waals surface area contributed by atoms with Gasteiger partial charge in [0.2, 0.25) is 15.9 Å². The number of sulfonamides is 1. The molecule has 0 saturated carbocycles. The number of hydrogen-bond acceptors (Lipinski definition) is 4. The van der Waals surface area contributed by atoms with Gasteiger partial charge in [0.1, 0.15) is 12.4 Å². The van der Waals surface area contributed by atoms with Gasteiger partial charge in [0, 0.05) is 38.3 Å². The van der Waals surface area contributed by atoms with Gasteiger partial charge in [-0.15, -0.1) is 0 Å². The van der Waals surface area contributed by atoms with Crippen LogP contribution in [0.25, 0.3) is 11.0 Å². The molecule has 10 heteroatoms. The molecule has 0 atom stereocenters. The van der Waals surface area contributed by atoms with E-state index in [1.807, 2.05) is 0 Å². The lowest BCUT2D eigenvalue weighted by Gasteiger charge is -2.21. The fourth-order valence-electron chi connectivity index (χ4n) is 3.15. The lowest BCUT2D eigenvalue weighted by molar-refractivity contribution is -0.131. The molecule has 0 radical (unpaired) electrons. The van der Waals surface area contributed by atoms with Crippen LogP contribution in [0.1, 0.15) is 12.2 Å². The van der Waals surface area contributed by atoms with Crippen molar-refractivity contribution < 1.29 is 22.0 Å². The van der Waals surface area contributed by atoms with Crippen molar-refractivity contribution in [3.63, 3.8) is 0 Å². The largest absolute Gasteiger partial charge is 0.340 e. The standard InChI is InChI=1S/C16H20F2N4O3S/c1-11-19-14-8-12(17)13(18)9-15(14)22(11)10-16(23)20-4-3-5-21(7-6-20)26(2,24)25/h8-9H,3-7,10H2,1-2H3. The third kappa shape index (κ3) is 3.70. The Morgan fingerprint density at radius 1 is 1.15 bits per heavy atom. The molecule has 1 saturated heterocycles. The first-order valence-electron chi connectivity index (χ1n) is 8.21. The van der Waals surface area contributed by atoms with Gasteiger partial charge in [-0.25, -0.2) is 26.5 Å². The van der Waals surface area contributed by atoms with Gasteiger partial charge in [0.25, 0.3) is 0 Å². The normalized spacial score (nSPS) is 16.8. The second kappa shape index (κ2) is 6.92. The lowest BCUT2D eigenvalue weighted by atomic mass is 10.3. The van der Waals surface area contributed by atoms with Gasteiger partial charge in [-0.05, 0) is 13.3 Å². The number of imidazole rings is 1. The average molecular weight is 386 g/mol. The van der Waals surface area contributed by atoms with Crippen molar-refractivity contribution in [2.24, 2.45) is 0 Å². The van der Waals surface area contributed by atoms with Crippen LogP contribution in [0.5, 0.6) is 0 Å². The molecule has 0 spiro atoms. The third-order valence-corrected chi connectivity index (χ3v) is 5.85. The number of aryl methyl sites for hydroxylation is 1. The topological polar surface area (TPSA) is 75.5 Å². The minimum Gasteiger partial charge on any atom is -0.340 e. The van der Waals surface area contributed by atoms with Crippen molar-refractivity contribution in [3.8, 4) is 0 Å². The van der Waals surface area contributed by atoms with Gasteiger partial charge in [0.15, 0.2) is 11.6 Å². The predicted molar refractivity (Wildman–Crippen MR) is 92.0 cm³/mol. The molecule has 142 valence electrons. The number of hydrogen-bond donors (Lipinski definition) is 0. The first-order valence-corrected chi connectivity index (χ1v) is 10.1. The van der Waals surface area contributed by atoms with E-state index < -0.39 is 21.7 Å².